The molecule has 0 aliphatic carbocycles. The van der Waals surface area contributed by atoms with E-state index in [-0.39, 0.29) is 17.9 Å². The van der Waals surface area contributed by atoms with E-state index in [1.165, 1.54) is 6.08 Å². The zero-order valence-electron chi connectivity index (χ0n) is 12.2. The van der Waals surface area contributed by atoms with E-state index in [0.717, 1.165) is 18.6 Å². The van der Waals surface area contributed by atoms with Gasteiger partial charge in [0.1, 0.15) is 11.9 Å². The van der Waals surface area contributed by atoms with Crippen LogP contribution in [0.1, 0.15) is 23.2 Å². The minimum absolute atomic E-state index is 0.0246. The first-order chi connectivity index (χ1) is 10.1. The predicted molar refractivity (Wildman–Crippen MR) is 80.3 cm³/mol. The topological polar surface area (TPSA) is 58.6 Å². The van der Waals surface area contributed by atoms with Crippen molar-refractivity contribution in [3.63, 3.8) is 0 Å². The summed E-state index contributed by atoms with van der Waals surface area (Å²) in [6, 6.07) is 7.08. The van der Waals surface area contributed by atoms with Crippen LogP contribution in [-0.2, 0) is 4.79 Å². The van der Waals surface area contributed by atoms with Crippen LogP contribution in [0.4, 0.5) is 0 Å². The van der Waals surface area contributed by atoms with Gasteiger partial charge in [0, 0.05) is 38.5 Å². The van der Waals surface area contributed by atoms with Crippen molar-refractivity contribution in [3.8, 4) is 5.75 Å². The van der Waals surface area contributed by atoms with Crippen LogP contribution in [0.25, 0.3) is 0 Å². The standard InChI is InChI=1S/C16H20N2O3/c1-3-15(19)18-10-8-14(9-11-18)21-13-6-4-12(5-7-13)16(20)17-2/h3-7,14H,1,8-11H2,2H3,(H,17,20). The van der Waals surface area contributed by atoms with E-state index < -0.39 is 0 Å². The highest BCUT2D eigenvalue weighted by atomic mass is 16.5. The van der Waals surface area contributed by atoms with E-state index in [1.54, 1.807) is 36.2 Å². The summed E-state index contributed by atoms with van der Waals surface area (Å²) in [6.45, 7) is 4.87. The first-order valence-electron chi connectivity index (χ1n) is 7.04. The first kappa shape index (κ1) is 15.1. The summed E-state index contributed by atoms with van der Waals surface area (Å²) >= 11 is 0. The molecule has 0 saturated carbocycles. The molecule has 1 heterocycles. The molecule has 0 atom stereocenters. The average molecular weight is 288 g/mol. The summed E-state index contributed by atoms with van der Waals surface area (Å²) < 4.78 is 5.89. The van der Waals surface area contributed by atoms with Gasteiger partial charge < -0.3 is 15.0 Å². The number of carbonyl (C=O) groups excluding carboxylic acids is 2. The van der Waals surface area contributed by atoms with Gasteiger partial charge in [-0.15, -0.1) is 0 Å². The van der Waals surface area contributed by atoms with E-state index in [2.05, 4.69) is 11.9 Å². The van der Waals surface area contributed by atoms with Crippen molar-refractivity contribution in [3.05, 3.63) is 42.5 Å². The van der Waals surface area contributed by atoms with Crippen molar-refractivity contribution in [2.45, 2.75) is 18.9 Å². The molecule has 1 aromatic rings. The molecule has 0 aromatic heterocycles. The number of ether oxygens (including phenoxy) is 1. The fourth-order valence-corrected chi connectivity index (χ4v) is 2.34. The first-order valence-corrected chi connectivity index (χ1v) is 7.04. The maximum Gasteiger partial charge on any atom is 0.251 e. The summed E-state index contributed by atoms with van der Waals surface area (Å²) in [4.78, 5) is 24.7. The Morgan fingerprint density at radius 2 is 1.90 bits per heavy atom. The van der Waals surface area contributed by atoms with E-state index in [9.17, 15) is 9.59 Å². The third kappa shape index (κ3) is 3.84. The van der Waals surface area contributed by atoms with E-state index in [0.29, 0.717) is 18.7 Å². The minimum atomic E-state index is -0.113. The lowest BCUT2D eigenvalue weighted by atomic mass is 10.1. The Labute approximate surface area is 124 Å². The third-order valence-corrected chi connectivity index (χ3v) is 3.57. The van der Waals surface area contributed by atoms with Gasteiger partial charge in [-0.25, -0.2) is 0 Å². The highest BCUT2D eigenvalue weighted by Gasteiger charge is 2.22. The molecular weight excluding hydrogens is 268 g/mol. The lowest BCUT2D eigenvalue weighted by Gasteiger charge is -2.31. The number of hydrogen-bond donors (Lipinski definition) is 1. The molecule has 1 aromatic carbocycles. The number of nitrogens with zero attached hydrogens (tertiary/aromatic N) is 1. The lowest BCUT2D eigenvalue weighted by Crippen LogP contribution is -2.41. The predicted octanol–water partition coefficient (Wildman–Crippen LogP) is 1.60. The van der Waals surface area contributed by atoms with Crippen molar-refractivity contribution >= 4 is 11.8 Å². The smallest absolute Gasteiger partial charge is 0.251 e. The zero-order valence-corrected chi connectivity index (χ0v) is 12.2. The molecule has 21 heavy (non-hydrogen) atoms. The van der Waals surface area contributed by atoms with Crippen LogP contribution < -0.4 is 10.1 Å². The normalized spacial score (nSPS) is 15.4. The molecule has 1 fully saturated rings. The maximum absolute atomic E-state index is 11.5. The van der Waals surface area contributed by atoms with Gasteiger partial charge in [0.05, 0.1) is 0 Å². The molecule has 1 aliphatic heterocycles. The Hall–Kier alpha value is -2.30. The van der Waals surface area contributed by atoms with E-state index in [1.807, 2.05) is 0 Å². The minimum Gasteiger partial charge on any atom is -0.490 e. The zero-order chi connectivity index (χ0) is 15.2. The summed E-state index contributed by atoms with van der Waals surface area (Å²) in [6.07, 6.45) is 3.05. The van der Waals surface area contributed by atoms with Crippen LogP contribution >= 0.6 is 0 Å². The SMILES string of the molecule is C=CC(=O)N1CCC(Oc2ccc(C(=O)NC)cc2)CC1. The molecule has 2 rings (SSSR count). The molecule has 1 aliphatic rings. The van der Waals surface area contributed by atoms with Gasteiger partial charge in [0.15, 0.2) is 0 Å². The molecule has 1 N–H and O–H groups in total. The van der Waals surface area contributed by atoms with Gasteiger partial charge in [0.2, 0.25) is 5.91 Å². The second kappa shape index (κ2) is 6.92. The molecule has 112 valence electrons. The Morgan fingerprint density at radius 1 is 1.29 bits per heavy atom. The molecule has 0 spiro atoms. The second-order valence-electron chi connectivity index (χ2n) is 4.95. The van der Waals surface area contributed by atoms with Gasteiger partial charge in [0.25, 0.3) is 5.91 Å². The van der Waals surface area contributed by atoms with Crippen molar-refractivity contribution in [2.75, 3.05) is 20.1 Å². The average Bonchev–Trinajstić information content (AvgIpc) is 2.55. The maximum atomic E-state index is 11.5. The fourth-order valence-electron chi connectivity index (χ4n) is 2.34. The molecule has 2 amide bonds. The highest BCUT2D eigenvalue weighted by Crippen LogP contribution is 2.19. The summed E-state index contributed by atoms with van der Waals surface area (Å²) in [5, 5.41) is 2.58. The molecule has 5 heteroatoms. The second-order valence-corrected chi connectivity index (χ2v) is 4.95. The highest BCUT2D eigenvalue weighted by molar-refractivity contribution is 5.94. The van der Waals surface area contributed by atoms with Gasteiger partial charge in [-0.2, -0.15) is 0 Å². The number of rotatable bonds is 4. The molecule has 0 unspecified atom stereocenters. The van der Waals surface area contributed by atoms with Crippen molar-refractivity contribution in [2.24, 2.45) is 0 Å². The van der Waals surface area contributed by atoms with Crippen molar-refractivity contribution in [1.29, 1.82) is 0 Å². The number of likely N-dealkylation sites (tertiary alicyclic amines) is 1. The summed E-state index contributed by atoms with van der Waals surface area (Å²) in [7, 11) is 1.60. The summed E-state index contributed by atoms with van der Waals surface area (Å²) in [5.41, 5.74) is 0.608. The van der Waals surface area contributed by atoms with Gasteiger partial charge in [-0.05, 0) is 30.3 Å². The van der Waals surface area contributed by atoms with Gasteiger partial charge in [-0.3, -0.25) is 9.59 Å². The van der Waals surface area contributed by atoms with E-state index >= 15 is 0 Å². The third-order valence-electron chi connectivity index (χ3n) is 3.57. The lowest BCUT2D eigenvalue weighted by molar-refractivity contribution is -0.127. The van der Waals surface area contributed by atoms with Crippen LogP contribution in [0.15, 0.2) is 36.9 Å². The summed E-state index contributed by atoms with van der Waals surface area (Å²) in [5.74, 6) is 0.609. The van der Waals surface area contributed by atoms with Crippen molar-refractivity contribution < 1.29 is 14.3 Å². The van der Waals surface area contributed by atoms with Crippen molar-refractivity contribution in [1.82, 2.24) is 10.2 Å². The van der Waals surface area contributed by atoms with Crippen LogP contribution in [0, 0.1) is 0 Å². The quantitative estimate of drug-likeness (QED) is 0.856. The molecule has 0 bridgehead atoms. The molecular formula is C16H20N2O3. The number of carbonyl (C=O) groups is 2. The number of amides is 2. The van der Waals surface area contributed by atoms with Gasteiger partial charge >= 0.3 is 0 Å². The molecule has 5 nitrogen and oxygen atoms in total. The van der Waals surface area contributed by atoms with E-state index in [4.69, 9.17) is 4.74 Å². The van der Waals surface area contributed by atoms with Crippen LogP contribution in [0.5, 0.6) is 5.75 Å². The largest absolute Gasteiger partial charge is 0.490 e. The van der Waals surface area contributed by atoms with Crippen LogP contribution in [0.2, 0.25) is 0 Å². The Balaban J connectivity index is 1.87. The monoisotopic (exact) mass is 288 g/mol. The number of nitrogens with one attached hydrogen (secondary N) is 1. The number of hydrogen-bond acceptors (Lipinski definition) is 3. The molecule has 0 radical (unpaired) electrons. The number of benzene rings is 1. The Morgan fingerprint density at radius 3 is 2.43 bits per heavy atom. The van der Waals surface area contributed by atoms with Gasteiger partial charge in [-0.1, -0.05) is 6.58 Å². The Kier molecular flexibility index (Phi) is 4.98. The molecule has 1 saturated heterocycles. The fraction of sp³-hybridized carbons (Fsp3) is 0.375. The van der Waals surface area contributed by atoms with Crippen LogP contribution in [-0.4, -0.2) is 43.0 Å². The van der Waals surface area contributed by atoms with Crippen LogP contribution in [0.3, 0.4) is 0 Å². The number of piperidine rings is 1. The Bertz CT molecular complexity index is 517.